The summed E-state index contributed by atoms with van der Waals surface area (Å²) in [5.74, 6) is -1.49. The molecule has 0 aliphatic carbocycles. The van der Waals surface area contributed by atoms with Crippen LogP contribution < -0.4 is 0 Å². The van der Waals surface area contributed by atoms with Gasteiger partial charge in [0.25, 0.3) is 0 Å². The summed E-state index contributed by atoms with van der Waals surface area (Å²) in [5.41, 5.74) is -0.998. The zero-order chi connectivity index (χ0) is 14.6. The maximum atomic E-state index is 12.6. The number of Topliss-reactive ketones (excluding diaryl/α,β-unsaturated/α-hetero) is 1. The molecule has 0 fully saturated rings. The number of halogens is 4. The Balaban J connectivity index is 3.19. The quantitative estimate of drug-likeness (QED) is 0.756. The molecule has 1 atom stereocenters. The van der Waals surface area contributed by atoms with Gasteiger partial charge in [-0.15, -0.1) is 0 Å². The van der Waals surface area contributed by atoms with Crippen molar-refractivity contribution >= 4 is 21.7 Å². The molecule has 0 bridgehead atoms. The lowest BCUT2D eigenvalue weighted by Crippen LogP contribution is -2.15. The van der Waals surface area contributed by atoms with Gasteiger partial charge in [-0.05, 0) is 24.6 Å². The molecule has 0 N–H and O–H groups in total. The van der Waals surface area contributed by atoms with Crippen LogP contribution in [0, 0.1) is 17.2 Å². The van der Waals surface area contributed by atoms with Crippen LogP contribution >= 0.6 is 15.9 Å². The Kier molecular flexibility index (Phi) is 5.12. The fraction of sp³-hybridized carbons (Fsp3) is 0.385. The molecule has 0 heterocycles. The van der Waals surface area contributed by atoms with E-state index < -0.39 is 23.4 Å². The van der Waals surface area contributed by atoms with Crippen molar-refractivity contribution in [2.75, 3.05) is 0 Å². The van der Waals surface area contributed by atoms with Gasteiger partial charge in [0.15, 0.2) is 5.78 Å². The normalized spacial score (nSPS) is 12.8. The summed E-state index contributed by atoms with van der Waals surface area (Å²) in [6.45, 7) is 1.80. The zero-order valence-electron chi connectivity index (χ0n) is 10.1. The van der Waals surface area contributed by atoms with Crippen molar-refractivity contribution in [3.8, 4) is 6.07 Å². The van der Waals surface area contributed by atoms with E-state index >= 15 is 0 Å². The van der Waals surface area contributed by atoms with Gasteiger partial charge in [-0.2, -0.15) is 18.4 Å². The van der Waals surface area contributed by atoms with Crippen LogP contribution in [0.1, 0.15) is 35.7 Å². The molecule has 0 spiro atoms. The van der Waals surface area contributed by atoms with Gasteiger partial charge >= 0.3 is 6.18 Å². The van der Waals surface area contributed by atoms with Crippen molar-refractivity contribution < 1.29 is 18.0 Å². The number of rotatable bonds is 4. The summed E-state index contributed by atoms with van der Waals surface area (Å²) in [6.07, 6.45) is -3.57. The van der Waals surface area contributed by atoms with E-state index in [1.54, 1.807) is 6.92 Å². The van der Waals surface area contributed by atoms with E-state index in [9.17, 15) is 18.0 Å². The summed E-state index contributed by atoms with van der Waals surface area (Å²) < 4.78 is 38.1. The van der Waals surface area contributed by atoms with Crippen LogP contribution in [0.15, 0.2) is 22.7 Å². The largest absolute Gasteiger partial charge is 0.416 e. The number of nitriles is 1. The minimum atomic E-state index is -4.51. The Morgan fingerprint density at radius 2 is 2.11 bits per heavy atom. The molecule has 0 aromatic heterocycles. The van der Waals surface area contributed by atoms with Gasteiger partial charge < -0.3 is 0 Å². The van der Waals surface area contributed by atoms with Crippen molar-refractivity contribution in [1.82, 2.24) is 0 Å². The second-order valence-electron chi connectivity index (χ2n) is 4.03. The van der Waals surface area contributed by atoms with Crippen molar-refractivity contribution in [3.63, 3.8) is 0 Å². The summed E-state index contributed by atoms with van der Waals surface area (Å²) in [6, 6.07) is 4.69. The number of carbonyl (C=O) groups excluding carboxylic acids is 1. The SMILES string of the molecule is CCCC(C#N)C(=O)c1cc(C(F)(F)F)ccc1Br. The predicted molar refractivity (Wildman–Crippen MR) is 67.5 cm³/mol. The van der Waals surface area contributed by atoms with Gasteiger partial charge in [-0.1, -0.05) is 29.3 Å². The molecule has 0 radical (unpaired) electrons. The Labute approximate surface area is 117 Å². The lowest BCUT2D eigenvalue weighted by Gasteiger charge is -2.12. The maximum Gasteiger partial charge on any atom is 0.416 e. The fourth-order valence-corrected chi connectivity index (χ4v) is 2.06. The van der Waals surface area contributed by atoms with Crippen LogP contribution in [0.25, 0.3) is 0 Å². The molecular weight excluding hydrogens is 323 g/mol. The standard InChI is InChI=1S/C13H11BrF3NO/c1-2-3-8(7-18)12(19)10-6-9(13(15,16)17)4-5-11(10)14/h4-6,8H,2-3H2,1H3. The minimum Gasteiger partial charge on any atom is -0.293 e. The second kappa shape index (κ2) is 6.20. The van der Waals surface area contributed by atoms with E-state index in [2.05, 4.69) is 15.9 Å². The first-order valence-electron chi connectivity index (χ1n) is 5.61. The summed E-state index contributed by atoms with van der Waals surface area (Å²) in [5, 5.41) is 8.90. The van der Waals surface area contributed by atoms with E-state index in [0.29, 0.717) is 12.8 Å². The Morgan fingerprint density at radius 1 is 1.47 bits per heavy atom. The van der Waals surface area contributed by atoms with Crippen LogP contribution in [0.4, 0.5) is 13.2 Å². The average molecular weight is 334 g/mol. The minimum absolute atomic E-state index is 0.102. The first kappa shape index (κ1) is 15.7. The topological polar surface area (TPSA) is 40.9 Å². The van der Waals surface area contributed by atoms with Crippen molar-refractivity contribution in [2.24, 2.45) is 5.92 Å². The Morgan fingerprint density at radius 3 is 2.58 bits per heavy atom. The molecule has 102 valence electrons. The molecule has 6 heteroatoms. The summed E-state index contributed by atoms with van der Waals surface area (Å²) in [7, 11) is 0. The Hall–Kier alpha value is -1.35. The highest BCUT2D eigenvalue weighted by atomic mass is 79.9. The molecule has 1 aromatic carbocycles. The highest BCUT2D eigenvalue weighted by Gasteiger charge is 2.32. The molecule has 0 aliphatic rings. The maximum absolute atomic E-state index is 12.6. The van der Waals surface area contributed by atoms with Crippen LogP contribution in [-0.2, 0) is 6.18 Å². The van der Waals surface area contributed by atoms with Gasteiger partial charge in [0.2, 0.25) is 0 Å². The lowest BCUT2D eigenvalue weighted by molar-refractivity contribution is -0.137. The van der Waals surface area contributed by atoms with Crippen molar-refractivity contribution in [2.45, 2.75) is 25.9 Å². The van der Waals surface area contributed by atoms with Crippen LogP contribution in [0.3, 0.4) is 0 Å². The molecule has 2 nitrogen and oxygen atoms in total. The lowest BCUT2D eigenvalue weighted by atomic mass is 9.94. The van der Waals surface area contributed by atoms with Gasteiger partial charge in [0, 0.05) is 10.0 Å². The second-order valence-corrected chi connectivity index (χ2v) is 4.88. The first-order chi connectivity index (χ1) is 8.81. The summed E-state index contributed by atoms with van der Waals surface area (Å²) in [4.78, 5) is 12.0. The smallest absolute Gasteiger partial charge is 0.293 e. The van der Waals surface area contributed by atoms with E-state index in [4.69, 9.17) is 5.26 Å². The number of ketones is 1. The highest BCUT2D eigenvalue weighted by Crippen LogP contribution is 2.32. The number of hydrogen-bond acceptors (Lipinski definition) is 2. The van der Waals surface area contributed by atoms with E-state index in [1.165, 1.54) is 6.07 Å². The Bertz CT molecular complexity index is 520. The van der Waals surface area contributed by atoms with Crippen LogP contribution in [0.2, 0.25) is 0 Å². The monoisotopic (exact) mass is 333 g/mol. The number of benzene rings is 1. The van der Waals surface area contributed by atoms with Crippen molar-refractivity contribution in [1.29, 1.82) is 5.26 Å². The van der Waals surface area contributed by atoms with Gasteiger partial charge in [-0.3, -0.25) is 4.79 Å². The van der Waals surface area contributed by atoms with E-state index in [0.717, 1.165) is 12.1 Å². The van der Waals surface area contributed by atoms with Gasteiger partial charge in [-0.25, -0.2) is 0 Å². The third-order valence-corrected chi connectivity index (χ3v) is 3.30. The van der Waals surface area contributed by atoms with E-state index in [1.807, 2.05) is 6.07 Å². The number of hydrogen-bond donors (Lipinski definition) is 0. The first-order valence-corrected chi connectivity index (χ1v) is 6.41. The predicted octanol–water partition coefficient (Wildman–Crippen LogP) is 4.59. The summed E-state index contributed by atoms with van der Waals surface area (Å²) >= 11 is 3.05. The molecular formula is C13H11BrF3NO. The third kappa shape index (κ3) is 3.80. The van der Waals surface area contributed by atoms with Crippen molar-refractivity contribution in [3.05, 3.63) is 33.8 Å². The van der Waals surface area contributed by atoms with E-state index in [-0.39, 0.29) is 10.0 Å². The molecule has 1 aromatic rings. The number of alkyl halides is 3. The fourth-order valence-electron chi connectivity index (χ4n) is 1.62. The molecule has 1 rings (SSSR count). The third-order valence-electron chi connectivity index (χ3n) is 2.61. The zero-order valence-corrected chi connectivity index (χ0v) is 11.7. The molecule has 0 aliphatic heterocycles. The van der Waals surface area contributed by atoms with Crippen LogP contribution in [0.5, 0.6) is 0 Å². The van der Waals surface area contributed by atoms with Crippen LogP contribution in [-0.4, -0.2) is 5.78 Å². The molecule has 19 heavy (non-hydrogen) atoms. The molecule has 0 saturated carbocycles. The highest BCUT2D eigenvalue weighted by molar-refractivity contribution is 9.10. The van der Waals surface area contributed by atoms with Gasteiger partial charge in [0.1, 0.15) is 5.92 Å². The average Bonchev–Trinajstić information content (AvgIpc) is 2.34. The number of nitrogens with zero attached hydrogens (tertiary/aromatic N) is 1. The molecule has 0 amide bonds. The molecule has 1 unspecified atom stereocenters. The number of carbonyl (C=O) groups is 1. The van der Waals surface area contributed by atoms with Gasteiger partial charge in [0.05, 0.1) is 11.6 Å². The molecule has 0 saturated heterocycles.